The normalized spacial score (nSPS) is 28.3. The molecule has 0 bridgehead atoms. The van der Waals surface area contributed by atoms with Gasteiger partial charge in [-0.25, -0.2) is 0 Å². The lowest BCUT2D eigenvalue weighted by Crippen LogP contribution is -2.32. The van der Waals surface area contributed by atoms with Crippen LogP contribution in [0.3, 0.4) is 0 Å². The van der Waals surface area contributed by atoms with Crippen LogP contribution in [0.1, 0.15) is 36.0 Å². The van der Waals surface area contributed by atoms with Crippen molar-refractivity contribution in [1.29, 1.82) is 0 Å². The number of rotatable bonds is 3. The summed E-state index contributed by atoms with van der Waals surface area (Å²) in [6.45, 7) is 4.06. The lowest BCUT2D eigenvalue weighted by molar-refractivity contribution is 0.0775. The molecule has 2 heterocycles. The summed E-state index contributed by atoms with van der Waals surface area (Å²) in [7, 11) is 2.17. The Morgan fingerprint density at radius 3 is 2.48 bits per heavy atom. The van der Waals surface area contributed by atoms with Crippen LogP contribution in [0.5, 0.6) is 5.75 Å². The van der Waals surface area contributed by atoms with Gasteiger partial charge < -0.3 is 14.5 Å². The number of likely N-dealkylation sites (tertiary alicyclic amines) is 2. The summed E-state index contributed by atoms with van der Waals surface area (Å²) >= 11 is 0. The molecule has 1 aromatic carbocycles. The predicted molar refractivity (Wildman–Crippen MR) is 89.7 cm³/mol. The van der Waals surface area contributed by atoms with Crippen molar-refractivity contribution in [3.63, 3.8) is 0 Å². The molecule has 4 rings (SSSR count). The third-order valence-electron chi connectivity index (χ3n) is 5.64. The SMILES string of the molecule is CN1C[C@@H]2CN(C(=O)c3cccc(OC4CCCC4)c3)C[C@@H]2C1. The van der Waals surface area contributed by atoms with Crippen LogP contribution in [-0.4, -0.2) is 55.0 Å². The fraction of sp³-hybridized carbons (Fsp3) is 0.632. The van der Waals surface area contributed by atoms with Crippen LogP contribution in [0, 0.1) is 11.8 Å². The first kappa shape index (κ1) is 15.0. The predicted octanol–water partition coefficient (Wildman–Crippen LogP) is 2.64. The number of fused-ring (bicyclic) bond motifs is 1. The number of ether oxygens (including phenoxy) is 1. The molecule has 23 heavy (non-hydrogen) atoms. The fourth-order valence-electron chi connectivity index (χ4n) is 4.48. The van der Waals surface area contributed by atoms with E-state index in [9.17, 15) is 4.79 Å². The number of benzene rings is 1. The summed E-state index contributed by atoms with van der Waals surface area (Å²) in [5.74, 6) is 2.32. The topological polar surface area (TPSA) is 32.8 Å². The van der Waals surface area contributed by atoms with E-state index >= 15 is 0 Å². The van der Waals surface area contributed by atoms with Crippen molar-refractivity contribution in [2.45, 2.75) is 31.8 Å². The van der Waals surface area contributed by atoms with Gasteiger partial charge in [0.15, 0.2) is 0 Å². The lowest BCUT2D eigenvalue weighted by atomic mass is 10.0. The molecule has 1 saturated carbocycles. The van der Waals surface area contributed by atoms with Crippen LogP contribution in [0.15, 0.2) is 24.3 Å². The first-order valence-corrected chi connectivity index (χ1v) is 8.93. The molecule has 1 aromatic rings. The van der Waals surface area contributed by atoms with Crippen molar-refractivity contribution < 1.29 is 9.53 Å². The number of amides is 1. The van der Waals surface area contributed by atoms with E-state index in [1.54, 1.807) is 0 Å². The Bertz CT molecular complexity index is 568. The van der Waals surface area contributed by atoms with Gasteiger partial charge in [-0.1, -0.05) is 6.07 Å². The van der Waals surface area contributed by atoms with Crippen LogP contribution in [-0.2, 0) is 0 Å². The number of hydrogen-bond acceptors (Lipinski definition) is 3. The maximum atomic E-state index is 12.8. The van der Waals surface area contributed by atoms with E-state index in [-0.39, 0.29) is 5.91 Å². The molecule has 2 aliphatic heterocycles. The van der Waals surface area contributed by atoms with Crippen molar-refractivity contribution in [3.8, 4) is 5.75 Å². The minimum atomic E-state index is 0.166. The van der Waals surface area contributed by atoms with Crippen molar-refractivity contribution in [3.05, 3.63) is 29.8 Å². The Balaban J connectivity index is 1.42. The minimum absolute atomic E-state index is 0.166. The molecule has 0 aromatic heterocycles. The van der Waals surface area contributed by atoms with Gasteiger partial charge in [0, 0.05) is 31.7 Å². The molecule has 1 amide bonds. The smallest absolute Gasteiger partial charge is 0.254 e. The monoisotopic (exact) mass is 314 g/mol. The van der Waals surface area contributed by atoms with Crippen LogP contribution >= 0.6 is 0 Å². The second kappa shape index (κ2) is 6.16. The van der Waals surface area contributed by atoms with Gasteiger partial charge in [-0.3, -0.25) is 4.79 Å². The lowest BCUT2D eigenvalue weighted by Gasteiger charge is -2.20. The summed E-state index contributed by atoms with van der Waals surface area (Å²) < 4.78 is 6.04. The molecule has 2 atom stereocenters. The van der Waals surface area contributed by atoms with Crippen molar-refractivity contribution in [2.24, 2.45) is 11.8 Å². The second-order valence-electron chi connectivity index (χ2n) is 7.50. The number of hydrogen-bond donors (Lipinski definition) is 0. The Hall–Kier alpha value is -1.55. The van der Waals surface area contributed by atoms with Gasteiger partial charge >= 0.3 is 0 Å². The summed E-state index contributed by atoms with van der Waals surface area (Å²) in [5.41, 5.74) is 0.772. The van der Waals surface area contributed by atoms with Gasteiger partial charge in [0.05, 0.1) is 6.10 Å². The molecule has 4 heteroatoms. The molecular formula is C19H26N2O2. The zero-order valence-electron chi connectivity index (χ0n) is 13.9. The van der Waals surface area contributed by atoms with E-state index in [0.29, 0.717) is 17.9 Å². The summed E-state index contributed by atoms with van der Waals surface area (Å²) in [6, 6.07) is 7.77. The van der Waals surface area contributed by atoms with E-state index < -0.39 is 0 Å². The third kappa shape index (κ3) is 3.09. The zero-order valence-corrected chi connectivity index (χ0v) is 13.9. The summed E-state index contributed by atoms with van der Waals surface area (Å²) in [5, 5.41) is 0. The molecule has 0 N–H and O–H groups in total. The van der Waals surface area contributed by atoms with Gasteiger partial charge in [-0.05, 0) is 62.8 Å². The summed E-state index contributed by atoms with van der Waals surface area (Å²) in [6.07, 6.45) is 5.13. The standard InChI is InChI=1S/C19H26N2O2/c1-20-10-15-12-21(13-16(15)11-20)19(22)14-5-4-8-18(9-14)23-17-6-2-3-7-17/h4-5,8-9,15-17H,2-3,6-7,10-13H2,1H3/t15-,16+. The Morgan fingerprint density at radius 1 is 1.09 bits per heavy atom. The summed E-state index contributed by atoms with van der Waals surface area (Å²) in [4.78, 5) is 17.2. The quantitative estimate of drug-likeness (QED) is 0.860. The van der Waals surface area contributed by atoms with E-state index in [2.05, 4.69) is 11.9 Å². The minimum Gasteiger partial charge on any atom is -0.490 e. The van der Waals surface area contributed by atoms with E-state index in [1.165, 1.54) is 12.8 Å². The largest absolute Gasteiger partial charge is 0.490 e. The van der Waals surface area contributed by atoms with E-state index in [4.69, 9.17) is 4.74 Å². The Morgan fingerprint density at radius 2 is 1.78 bits per heavy atom. The third-order valence-corrected chi connectivity index (χ3v) is 5.64. The van der Waals surface area contributed by atoms with Crippen molar-refractivity contribution in [1.82, 2.24) is 9.80 Å². The van der Waals surface area contributed by atoms with Gasteiger partial charge in [-0.15, -0.1) is 0 Å². The molecule has 0 radical (unpaired) electrons. The Labute approximate surface area is 138 Å². The van der Waals surface area contributed by atoms with Crippen LogP contribution in [0.4, 0.5) is 0 Å². The van der Waals surface area contributed by atoms with Crippen LogP contribution in [0.25, 0.3) is 0 Å². The number of carbonyl (C=O) groups is 1. The first-order chi connectivity index (χ1) is 11.2. The molecule has 2 saturated heterocycles. The Kier molecular flexibility index (Phi) is 4.02. The molecule has 1 aliphatic carbocycles. The van der Waals surface area contributed by atoms with Crippen LogP contribution in [0.2, 0.25) is 0 Å². The molecule has 4 nitrogen and oxygen atoms in total. The number of carbonyl (C=O) groups excluding carboxylic acids is 1. The fourth-order valence-corrected chi connectivity index (χ4v) is 4.48. The maximum Gasteiger partial charge on any atom is 0.254 e. The van der Waals surface area contributed by atoms with Crippen molar-refractivity contribution in [2.75, 3.05) is 33.2 Å². The van der Waals surface area contributed by atoms with E-state index in [0.717, 1.165) is 50.3 Å². The average molecular weight is 314 g/mol. The van der Waals surface area contributed by atoms with Crippen molar-refractivity contribution >= 4 is 5.91 Å². The highest BCUT2D eigenvalue weighted by Crippen LogP contribution is 2.31. The second-order valence-corrected chi connectivity index (χ2v) is 7.50. The molecule has 0 spiro atoms. The molecule has 3 fully saturated rings. The van der Waals surface area contributed by atoms with Gasteiger partial charge in [0.2, 0.25) is 0 Å². The van der Waals surface area contributed by atoms with Gasteiger partial charge in [0.25, 0.3) is 5.91 Å². The average Bonchev–Trinajstić information content (AvgIpc) is 3.23. The van der Waals surface area contributed by atoms with Gasteiger partial charge in [-0.2, -0.15) is 0 Å². The molecule has 3 aliphatic rings. The highest BCUT2D eigenvalue weighted by atomic mass is 16.5. The van der Waals surface area contributed by atoms with Gasteiger partial charge in [0.1, 0.15) is 5.75 Å². The van der Waals surface area contributed by atoms with Crippen LogP contribution < -0.4 is 4.74 Å². The highest BCUT2D eigenvalue weighted by Gasteiger charge is 2.40. The highest BCUT2D eigenvalue weighted by molar-refractivity contribution is 5.94. The zero-order chi connectivity index (χ0) is 15.8. The molecule has 0 unspecified atom stereocenters. The van der Waals surface area contributed by atoms with E-state index in [1.807, 2.05) is 29.2 Å². The maximum absolute atomic E-state index is 12.8. The first-order valence-electron chi connectivity index (χ1n) is 8.93. The molecule has 124 valence electrons. The number of nitrogens with zero attached hydrogens (tertiary/aromatic N) is 2. The molecular weight excluding hydrogens is 288 g/mol.